The fourth-order valence-electron chi connectivity index (χ4n) is 0.830. The summed E-state index contributed by atoms with van der Waals surface area (Å²) in [5.41, 5.74) is 0.768. The van der Waals surface area contributed by atoms with Crippen molar-refractivity contribution in [1.82, 2.24) is 19.7 Å². The lowest BCUT2D eigenvalue weighted by atomic mass is 10.5. The SMILES string of the molecule is [c]1nccn1OCc1cnccn1. The van der Waals surface area contributed by atoms with Crippen LogP contribution in [0, 0.1) is 6.33 Å². The quantitative estimate of drug-likeness (QED) is 0.664. The third kappa shape index (κ3) is 2.02. The highest BCUT2D eigenvalue weighted by molar-refractivity contribution is 4.91. The molecule has 0 amide bonds. The molecule has 1 radical (unpaired) electrons. The van der Waals surface area contributed by atoms with Crippen molar-refractivity contribution in [2.45, 2.75) is 6.61 Å². The number of hydrogen-bond acceptors (Lipinski definition) is 4. The Morgan fingerprint density at radius 1 is 1.38 bits per heavy atom. The van der Waals surface area contributed by atoms with Crippen LogP contribution in [0.4, 0.5) is 0 Å². The Morgan fingerprint density at radius 2 is 2.38 bits per heavy atom. The Morgan fingerprint density at radius 3 is 3.08 bits per heavy atom. The molecular formula is C8H7N4O. The van der Waals surface area contributed by atoms with E-state index in [1.165, 1.54) is 4.73 Å². The Kier molecular flexibility index (Phi) is 2.18. The second-order valence-electron chi connectivity index (χ2n) is 2.32. The van der Waals surface area contributed by atoms with Gasteiger partial charge in [-0.05, 0) is 0 Å². The largest absolute Gasteiger partial charge is 0.406 e. The zero-order chi connectivity index (χ0) is 8.93. The van der Waals surface area contributed by atoms with Gasteiger partial charge >= 0.3 is 0 Å². The number of nitrogens with zero attached hydrogens (tertiary/aromatic N) is 4. The molecule has 0 atom stereocenters. The zero-order valence-corrected chi connectivity index (χ0v) is 6.79. The van der Waals surface area contributed by atoms with E-state index < -0.39 is 0 Å². The van der Waals surface area contributed by atoms with Gasteiger partial charge in [-0.15, -0.1) is 0 Å². The van der Waals surface area contributed by atoms with Gasteiger partial charge in [0.15, 0.2) is 6.61 Å². The summed E-state index contributed by atoms with van der Waals surface area (Å²) in [5.74, 6) is 0. The summed E-state index contributed by atoms with van der Waals surface area (Å²) in [5, 5.41) is 0. The summed E-state index contributed by atoms with van der Waals surface area (Å²) in [6, 6.07) is 0. The molecule has 0 aromatic carbocycles. The molecule has 0 aliphatic heterocycles. The third-order valence-corrected chi connectivity index (χ3v) is 1.40. The first-order valence-electron chi connectivity index (χ1n) is 3.74. The van der Waals surface area contributed by atoms with Crippen LogP contribution in [0.3, 0.4) is 0 Å². The van der Waals surface area contributed by atoms with Crippen LogP contribution in [0.25, 0.3) is 0 Å². The molecule has 0 fully saturated rings. The summed E-state index contributed by atoms with van der Waals surface area (Å²) in [6.45, 7) is 0.362. The first-order chi connectivity index (χ1) is 6.45. The highest BCUT2D eigenvalue weighted by Gasteiger charge is 1.94. The molecule has 0 unspecified atom stereocenters. The summed E-state index contributed by atoms with van der Waals surface area (Å²) < 4.78 is 1.40. The van der Waals surface area contributed by atoms with E-state index in [1.807, 2.05) is 0 Å². The molecule has 65 valence electrons. The van der Waals surface area contributed by atoms with E-state index in [4.69, 9.17) is 4.84 Å². The van der Waals surface area contributed by atoms with Gasteiger partial charge in [0, 0.05) is 18.6 Å². The average Bonchev–Trinajstić information content (AvgIpc) is 2.69. The standard InChI is InChI=1S/C8H7N4O/c1-2-11-8(5-9-1)6-13-12-4-3-10-7-12/h1-5H,6H2. The highest BCUT2D eigenvalue weighted by Crippen LogP contribution is 1.90. The van der Waals surface area contributed by atoms with E-state index in [0.29, 0.717) is 6.61 Å². The lowest BCUT2D eigenvalue weighted by molar-refractivity contribution is 0.0927. The Bertz CT molecular complexity index is 346. The predicted octanol–water partition coefficient (Wildman–Crippen LogP) is 0.102. The van der Waals surface area contributed by atoms with Gasteiger partial charge in [0.2, 0.25) is 6.33 Å². The second-order valence-corrected chi connectivity index (χ2v) is 2.32. The molecule has 2 aromatic heterocycles. The number of imidazole rings is 1. The topological polar surface area (TPSA) is 52.8 Å². The fourth-order valence-corrected chi connectivity index (χ4v) is 0.830. The van der Waals surface area contributed by atoms with Gasteiger partial charge in [-0.25, -0.2) is 4.98 Å². The van der Waals surface area contributed by atoms with Crippen molar-refractivity contribution in [3.63, 3.8) is 0 Å². The normalized spacial score (nSPS) is 9.85. The van der Waals surface area contributed by atoms with Crippen molar-refractivity contribution in [3.05, 3.63) is 43.0 Å². The molecule has 13 heavy (non-hydrogen) atoms. The molecule has 5 nitrogen and oxygen atoms in total. The van der Waals surface area contributed by atoms with Crippen molar-refractivity contribution < 1.29 is 4.84 Å². The van der Waals surface area contributed by atoms with Crippen LogP contribution in [0.2, 0.25) is 0 Å². The summed E-state index contributed by atoms with van der Waals surface area (Å²) in [4.78, 5) is 16.9. The molecular weight excluding hydrogens is 168 g/mol. The van der Waals surface area contributed by atoms with Crippen LogP contribution in [0.5, 0.6) is 0 Å². The van der Waals surface area contributed by atoms with Crippen LogP contribution < -0.4 is 4.84 Å². The first-order valence-corrected chi connectivity index (χ1v) is 3.74. The van der Waals surface area contributed by atoms with Crippen molar-refractivity contribution in [2.75, 3.05) is 0 Å². The van der Waals surface area contributed by atoms with Gasteiger partial charge in [-0.2, -0.15) is 4.73 Å². The minimum absolute atomic E-state index is 0.362. The van der Waals surface area contributed by atoms with Crippen LogP contribution in [0.15, 0.2) is 31.0 Å². The Balaban J connectivity index is 1.94. The van der Waals surface area contributed by atoms with Crippen LogP contribution in [-0.4, -0.2) is 19.7 Å². The van der Waals surface area contributed by atoms with Gasteiger partial charge < -0.3 is 4.84 Å². The fraction of sp³-hybridized carbons (Fsp3) is 0.125. The van der Waals surface area contributed by atoms with Crippen molar-refractivity contribution >= 4 is 0 Å². The third-order valence-electron chi connectivity index (χ3n) is 1.40. The van der Waals surface area contributed by atoms with E-state index in [1.54, 1.807) is 31.0 Å². The molecule has 2 aromatic rings. The van der Waals surface area contributed by atoms with Crippen LogP contribution in [-0.2, 0) is 6.61 Å². The van der Waals surface area contributed by atoms with Crippen molar-refractivity contribution in [1.29, 1.82) is 0 Å². The smallest absolute Gasteiger partial charge is 0.214 e. The molecule has 0 aliphatic rings. The van der Waals surface area contributed by atoms with Gasteiger partial charge in [-0.3, -0.25) is 9.97 Å². The minimum Gasteiger partial charge on any atom is -0.406 e. The molecule has 0 aliphatic carbocycles. The Labute approximate surface area is 75.0 Å². The summed E-state index contributed by atoms with van der Waals surface area (Å²) >= 11 is 0. The maximum atomic E-state index is 5.23. The van der Waals surface area contributed by atoms with Gasteiger partial charge in [0.05, 0.1) is 18.1 Å². The second kappa shape index (κ2) is 3.66. The first kappa shape index (κ1) is 7.72. The van der Waals surface area contributed by atoms with Gasteiger partial charge in [0.25, 0.3) is 0 Å². The molecule has 2 rings (SSSR count). The minimum atomic E-state index is 0.362. The lowest BCUT2D eigenvalue weighted by Gasteiger charge is -2.02. The van der Waals surface area contributed by atoms with E-state index in [0.717, 1.165) is 5.69 Å². The number of hydrogen-bond donors (Lipinski definition) is 0. The lowest BCUT2D eigenvalue weighted by Crippen LogP contribution is -2.10. The molecule has 0 N–H and O–H groups in total. The predicted molar refractivity (Wildman–Crippen MR) is 43.4 cm³/mol. The number of rotatable bonds is 3. The van der Waals surface area contributed by atoms with E-state index in [-0.39, 0.29) is 0 Å². The summed E-state index contributed by atoms with van der Waals surface area (Å²) in [6.07, 6.45) is 10.7. The maximum absolute atomic E-state index is 5.23. The van der Waals surface area contributed by atoms with E-state index in [2.05, 4.69) is 21.3 Å². The zero-order valence-electron chi connectivity index (χ0n) is 6.79. The highest BCUT2D eigenvalue weighted by atomic mass is 16.7. The van der Waals surface area contributed by atoms with Crippen molar-refractivity contribution in [3.8, 4) is 0 Å². The Hall–Kier alpha value is -1.91. The maximum Gasteiger partial charge on any atom is 0.214 e. The van der Waals surface area contributed by atoms with Crippen LogP contribution in [0.1, 0.15) is 5.69 Å². The van der Waals surface area contributed by atoms with Crippen LogP contribution >= 0.6 is 0 Å². The number of aromatic nitrogens is 4. The molecule has 0 bridgehead atoms. The summed E-state index contributed by atoms with van der Waals surface area (Å²) in [7, 11) is 0. The van der Waals surface area contributed by atoms with Crippen molar-refractivity contribution in [2.24, 2.45) is 0 Å². The van der Waals surface area contributed by atoms with E-state index in [9.17, 15) is 0 Å². The molecule has 0 spiro atoms. The monoisotopic (exact) mass is 175 g/mol. The average molecular weight is 175 g/mol. The molecule has 2 heterocycles. The van der Waals surface area contributed by atoms with Gasteiger partial charge in [-0.1, -0.05) is 0 Å². The van der Waals surface area contributed by atoms with E-state index >= 15 is 0 Å². The molecule has 5 heteroatoms. The van der Waals surface area contributed by atoms with Gasteiger partial charge in [0.1, 0.15) is 0 Å². The molecule has 0 saturated carbocycles. The molecule has 0 saturated heterocycles.